The molecule has 0 heterocycles. The van der Waals surface area contributed by atoms with Crippen LogP contribution in [0.4, 0.5) is 0 Å². The van der Waals surface area contributed by atoms with Gasteiger partial charge >= 0.3 is 10.4 Å². The molecular weight excluding hydrogens is 494 g/mol. The monoisotopic (exact) mass is 565 g/mol. The maximum Gasteiger partial charge on any atom is 0.399 e. The minimum absolute atomic E-state index is 0. The summed E-state index contributed by atoms with van der Waals surface area (Å²) < 4.78 is 33.7. The van der Waals surface area contributed by atoms with Gasteiger partial charge in [0.05, 0.1) is 13.2 Å². The van der Waals surface area contributed by atoms with Gasteiger partial charge in [0.15, 0.2) is 0 Å². The first-order valence-corrected chi connectivity index (χ1v) is 18.0. The Bertz CT molecular complexity index is 488. The number of hydrogen-bond donors (Lipinski definition) is 1. The fourth-order valence-electron chi connectivity index (χ4n) is 4.95. The summed E-state index contributed by atoms with van der Waals surface area (Å²) in [5.74, 6) is 0. The SMILES string of the molecule is CCCCCCCCCCCCCCCCOS(=O)(=O)OCCCCCCCCCCCCCCCC.[NH4+]. The van der Waals surface area contributed by atoms with Gasteiger partial charge in [0, 0.05) is 0 Å². The molecule has 0 atom stereocenters. The van der Waals surface area contributed by atoms with E-state index < -0.39 is 10.4 Å². The lowest BCUT2D eigenvalue weighted by Gasteiger charge is -2.07. The first-order valence-electron chi connectivity index (χ1n) is 16.7. The van der Waals surface area contributed by atoms with Crippen LogP contribution in [0.25, 0.3) is 0 Å². The maximum atomic E-state index is 11.9. The number of quaternary nitrogens is 1. The first-order chi connectivity index (χ1) is 18.1. The molecule has 5 nitrogen and oxygen atoms in total. The number of hydrogen-bond acceptors (Lipinski definition) is 4. The predicted octanol–water partition coefficient (Wildman–Crippen LogP) is 11.6. The van der Waals surface area contributed by atoms with Crippen LogP contribution >= 0.6 is 0 Å². The van der Waals surface area contributed by atoms with Gasteiger partial charge in [0.1, 0.15) is 0 Å². The molecule has 0 aromatic rings. The van der Waals surface area contributed by atoms with Crippen molar-refractivity contribution in [3.63, 3.8) is 0 Å². The van der Waals surface area contributed by atoms with E-state index in [9.17, 15) is 8.42 Å². The van der Waals surface area contributed by atoms with Gasteiger partial charge in [-0.05, 0) is 12.8 Å². The topological polar surface area (TPSA) is 89.1 Å². The summed E-state index contributed by atoms with van der Waals surface area (Å²) in [6, 6.07) is 0. The Morgan fingerprint density at radius 1 is 0.342 bits per heavy atom. The van der Waals surface area contributed by atoms with E-state index in [0.717, 1.165) is 25.7 Å². The number of unbranched alkanes of at least 4 members (excludes halogenated alkanes) is 26. The normalized spacial score (nSPS) is 11.6. The Morgan fingerprint density at radius 3 is 0.737 bits per heavy atom. The Hall–Kier alpha value is -0.170. The van der Waals surface area contributed by atoms with Crippen LogP contribution in [0.2, 0.25) is 0 Å². The molecule has 232 valence electrons. The Kier molecular flexibility index (Phi) is 34.8. The van der Waals surface area contributed by atoms with Gasteiger partial charge in [0.25, 0.3) is 0 Å². The smallest absolute Gasteiger partial charge is 0.369 e. The van der Waals surface area contributed by atoms with Crippen molar-refractivity contribution in [2.24, 2.45) is 0 Å². The molecule has 0 rings (SSSR count). The lowest BCUT2D eigenvalue weighted by Crippen LogP contribution is -2.12. The van der Waals surface area contributed by atoms with Crippen LogP contribution in [-0.4, -0.2) is 21.6 Å². The van der Waals surface area contributed by atoms with Crippen molar-refractivity contribution in [1.29, 1.82) is 0 Å². The Morgan fingerprint density at radius 2 is 0.526 bits per heavy atom. The third-order valence-corrected chi connectivity index (χ3v) is 8.36. The maximum absolute atomic E-state index is 11.9. The quantitative estimate of drug-likeness (QED) is 0.0822. The Balaban J connectivity index is 0. The molecule has 4 N–H and O–H groups in total. The molecule has 0 amide bonds. The van der Waals surface area contributed by atoms with Crippen LogP contribution in [0.1, 0.15) is 194 Å². The Labute approximate surface area is 239 Å². The highest BCUT2D eigenvalue weighted by Crippen LogP contribution is 2.15. The third kappa shape index (κ3) is 33.9. The predicted molar refractivity (Wildman–Crippen MR) is 167 cm³/mol. The van der Waals surface area contributed by atoms with Crippen molar-refractivity contribution in [3.8, 4) is 0 Å². The van der Waals surface area contributed by atoms with E-state index in [-0.39, 0.29) is 19.4 Å². The molecule has 0 aliphatic rings. The zero-order valence-electron chi connectivity index (χ0n) is 26.3. The van der Waals surface area contributed by atoms with Crippen LogP contribution in [0, 0.1) is 0 Å². The van der Waals surface area contributed by atoms with E-state index in [0.29, 0.717) is 0 Å². The van der Waals surface area contributed by atoms with E-state index in [1.165, 1.54) is 154 Å². The second-order valence-corrected chi connectivity index (χ2v) is 12.5. The van der Waals surface area contributed by atoms with Gasteiger partial charge in [-0.1, -0.05) is 181 Å². The second kappa shape index (κ2) is 33.0. The van der Waals surface area contributed by atoms with E-state index in [2.05, 4.69) is 13.8 Å². The fraction of sp³-hybridized carbons (Fsp3) is 1.00. The molecule has 0 saturated heterocycles. The van der Waals surface area contributed by atoms with E-state index in [4.69, 9.17) is 8.37 Å². The zero-order chi connectivity index (χ0) is 27.1. The van der Waals surface area contributed by atoms with E-state index >= 15 is 0 Å². The molecule has 0 bridgehead atoms. The summed E-state index contributed by atoms with van der Waals surface area (Å²) >= 11 is 0. The molecular formula is C32H70NO4S+. The molecule has 0 saturated carbocycles. The summed E-state index contributed by atoms with van der Waals surface area (Å²) in [6.07, 6.45) is 36.0. The lowest BCUT2D eigenvalue weighted by molar-refractivity contribution is 0.208. The van der Waals surface area contributed by atoms with Crippen molar-refractivity contribution in [3.05, 3.63) is 0 Å². The van der Waals surface area contributed by atoms with Crippen molar-refractivity contribution in [2.75, 3.05) is 13.2 Å². The third-order valence-electron chi connectivity index (χ3n) is 7.45. The summed E-state index contributed by atoms with van der Waals surface area (Å²) in [5.41, 5.74) is 0. The molecule has 0 unspecified atom stereocenters. The lowest BCUT2D eigenvalue weighted by atomic mass is 10.0. The minimum atomic E-state index is -3.82. The average Bonchev–Trinajstić information content (AvgIpc) is 2.88. The largest absolute Gasteiger partial charge is 0.399 e. The van der Waals surface area contributed by atoms with Gasteiger partial charge in [0.2, 0.25) is 0 Å². The summed E-state index contributed by atoms with van der Waals surface area (Å²) in [4.78, 5) is 0. The van der Waals surface area contributed by atoms with Crippen LogP contribution in [0.3, 0.4) is 0 Å². The van der Waals surface area contributed by atoms with Crippen molar-refractivity contribution >= 4 is 10.4 Å². The standard InChI is InChI=1S/C32H66O4S.H3N/c1-3-5-7-9-11-13-15-17-19-21-23-25-27-29-31-35-37(33,34)36-32-30-28-26-24-22-20-18-16-14-12-10-8-6-4-2;/h3-32H2,1-2H3;1H3/p+1. The molecule has 38 heavy (non-hydrogen) atoms. The molecule has 6 heteroatoms. The summed E-state index contributed by atoms with van der Waals surface area (Å²) in [5, 5.41) is 0. The van der Waals surface area contributed by atoms with Gasteiger partial charge in [-0.25, -0.2) is 8.37 Å². The van der Waals surface area contributed by atoms with E-state index in [1.54, 1.807) is 0 Å². The second-order valence-electron chi connectivity index (χ2n) is 11.2. The zero-order valence-corrected chi connectivity index (χ0v) is 27.1. The van der Waals surface area contributed by atoms with Gasteiger partial charge in [-0.15, -0.1) is 0 Å². The minimum Gasteiger partial charge on any atom is -0.369 e. The molecule has 0 radical (unpaired) electrons. The van der Waals surface area contributed by atoms with Gasteiger partial charge in [-0.2, -0.15) is 8.42 Å². The van der Waals surface area contributed by atoms with E-state index in [1.807, 2.05) is 0 Å². The van der Waals surface area contributed by atoms with Gasteiger partial charge in [-0.3, -0.25) is 0 Å². The molecule has 0 aliphatic heterocycles. The molecule has 0 aromatic heterocycles. The van der Waals surface area contributed by atoms with Crippen LogP contribution < -0.4 is 6.15 Å². The van der Waals surface area contributed by atoms with Crippen LogP contribution in [-0.2, 0) is 18.8 Å². The van der Waals surface area contributed by atoms with Crippen LogP contribution in [0.5, 0.6) is 0 Å². The van der Waals surface area contributed by atoms with Crippen molar-refractivity contribution in [1.82, 2.24) is 6.15 Å². The molecule has 0 fully saturated rings. The molecule has 0 aliphatic carbocycles. The van der Waals surface area contributed by atoms with Crippen LogP contribution in [0.15, 0.2) is 0 Å². The molecule has 0 aromatic carbocycles. The van der Waals surface area contributed by atoms with Gasteiger partial charge < -0.3 is 6.15 Å². The summed E-state index contributed by atoms with van der Waals surface area (Å²) in [6.45, 7) is 5.04. The fourth-order valence-corrected chi connectivity index (χ4v) is 5.66. The first kappa shape index (κ1) is 40.0. The highest BCUT2D eigenvalue weighted by molar-refractivity contribution is 7.81. The van der Waals surface area contributed by atoms with Crippen molar-refractivity contribution in [2.45, 2.75) is 194 Å². The molecule has 0 spiro atoms. The number of rotatable bonds is 32. The summed E-state index contributed by atoms with van der Waals surface area (Å²) in [7, 11) is -3.82. The van der Waals surface area contributed by atoms with Crippen molar-refractivity contribution < 1.29 is 16.8 Å². The highest BCUT2D eigenvalue weighted by atomic mass is 32.3. The highest BCUT2D eigenvalue weighted by Gasteiger charge is 2.11. The average molecular weight is 565 g/mol.